The highest BCUT2D eigenvalue weighted by atomic mass is 16.6. The Hall–Kier alpha value is -2.08. The molecule has 1 N–H and O–H groups in total. The molecule has 248 valence electrons. The second-order valence-electron chi connectivity index (χ2n) is 14.6. The molecular formula is C35H49NO9. The number of methoxy groups -OCH3 is 5. The van der Waals surface area contributed by atoms with Gasteiger partial charge in [-0.2, -0.15) is 0 Å². The summed E-state index contributed by atoms with van der Waals surface area (Å²) in [7, 11) is 8.52. The fraction of sp³-hybridized carbons (Fsp3) is 0.771. The lowest BCUT2D eigenvalue weighted by molar-refractivity contribution is -0.277. The Morgan fingerprint density at radius 1 is 0.978 bits per heavy atom. The van der Waals surface area contributed by atoms with Gasteiger partial charge in [0, 0.05) is 88.5 Å². The monoisotopic (exact) mass is 627 g/mol. The first-order valence-corrected chi connectivity index (χ1v) is 16.5. The molecule has 5 aliphatic carbocycles. The molecule has 5 saturated carbocycles. The predicted octanol–water partition coefficient (Wildman–Crippen LogP) is 2.99. The maximum absolute atomic E-state index is 14.8. The van der Waals surface area contributed by atoms with Crippen LogP contribution < -0.4 is 4.74 Å². The summed E-state index contributed by atoms with van der Waals surface area (Å²) in [4.78, 5) is 30.7. The van der Waals surface area contributed by atoms with E-state index >= 15 is 0 Å². The molecule has 1 aromatic carbocycles. The Morgan fingerprint density at radius 3 is 2.27 bits per heavy atom. The van der Waals surface area contributed by atoms with Crippen molar-refractivity contribution in [1.82, 2.24) is 4.90 Å². The molecule has 7 bridgehead atoms. The van der Waals surface area contributed by atoms with E-state index in [1.807, 2.05) is 0 Å². The van der Waals surface area contributed by atoms with E-state index in [1.54, 1.807) is 59.8 Å². The third-order valence-corrected chi connectivity index (χ3v) is 13.5. The Kier molecular flexibility index (Phi) is 7.51. The van der Waals surface area contributed by atoms with Crippen molar-refractivity contribution in [2.75, 3.05) is 55.2 Å². The van der Waals surface area contributed by atoms with Crippen LogP contribution in [0.15, 0.2) is 24.3 Å². The smallest absolute Gasteiger partial charge is 0.303 e. The summed E-state index contributed by atoms with van der Waals surface area (Å²) in [6.07, 6.45) is 1.28. The van der Waals surface area contributed by atoms with E-state index in [-0.39, 0.29) is 47.2 Å². The van der Waals surface area contributed by atoms with E-state index < -0.39 is 40.5 Å². The van der Waals surface area contributed by atoms with Crippen molar-refractivity contribution >= 4 is 11.8 Å². The molecule has 0 unspecified atom stereocenters. The fourth-order valence-corrected chi connectivity index (χ4v) is 12.7. The van der Waals surface area contributed by atoms with Crippen LogP contribution in [0.3, 0.4) is 0 Å². The van der Waals surface area contributed by atoms with Gasteiger partial charge in [-0.05, 0) is 56.0 Å². The van der Waals surface area contributed by atoms with Crippen LogP contribution >= 0.6 is 0 Å². The number of carbonyl (C=O) groups is 2. The van der Waals surface area contributed by atoms with Crippen molar-refractivity contribution in [3.05, 3.63) is 29.8 Å². The number of carbonyl (C=O) groups excluding carboxylic acids is 2. The highest BCUT2D eigenvalue weighted by Gasteiger charge is 2.89. The van der Waals surface area contributed by atoms with Crippen LogP contribution in [0.2, 0.25) is 0 Å². The largest absolute Gasteiger partial charge is 0.497 e. The molecule has 13 atom stereocenters. The number of hydrogen-bond donors (Lipinski definition) is 1. The number of Topliss-reactive ketones (excluding diaryl/α,β-unsaturated/α-hetero) is 1. The first kappa shape index (κ1) is 31.5. The van der Waals surface area contributed by atoms with Crippen molar-refractivity contribution in [2.45, 2.75) is 75.1 Å². The van der Waals surface area contributed by atoms with Crippen molar-refractivity contribution in [3.63, 3.8) is 0 Å². The summed E-state index contributed by atoms with van der Waals surface area (Å²) in [5.41, 5.74) is -2.76. The van der Waals surface area contributed by atoms with Crippen molar-refractivity contribution < 1.29 is 43.1 Å². The first-order chi connectivity index (χ1) is 21.6. The van der Waals surface area contributed by atoms with Crippen LogP contribution in [0.5, 0.6) is 5.75 Å². The molecule has 45 heavy (non-hydrogen) atoms. The molecule has 1 aliphatic heterocycles. The number of ether oxygens (including phenoxy) is 6. The third kappa shape index (κ3) is 3.72. The molecule has 6 aliphatic rings. The lowest BCUT2D eigenvalue weighted by Gasteiger charge is -2.69. The molecule has 7 rings (SSSR count). The van der Waals surface area contributed by atoms with Gasteiger partial charge in [-0.15, -0.1) is 0 Å². The Bertz CT molecular complexity index is 1340. The van der Waals surface area contributed by atoms with Crippen LogP contribution in [0.4, 0.5) is 0 Å². The molecule has 10 heteroatoms. The van der Waals surface area contributed by atoms with Crippen LogP contribution in [0.1, 0.15) is 49.9 Å². The van der Waals surface area contributed by atoms with Gasteiger partial charge in [-0.3, -0.25) is 14.5 Å². The topological polar surface area (TPSA) is 113 Å². The van der Waals surface area contributed by atoms with Crippen LogP contribution in [0, 0.1) is 40.4 Å². The van der Waals surface area contributed by atoms with Crippen LogP contribution in [-0.4, -0.2) is 113 Å². The minimum absolute atomic E-state index is 0.0227. The zero-order valence-corrected chi connectivity index (χ0v) is 27.6. The van der Waals surface area contributed by atoms with Gasteiger partial charge >= 0.3 is 5.97 Å². The summed E-state index contributed by atoms with van der Waals surface area (Å²) in [5, 5.41) is 12.9. The van der Waals surface area contributed by atoms with E-state index in [1.165, 1.54) is 6.92 Å². The standard InChI is InChI=1S/C35H49NO9/c1-8-36-17-32(18-40-3)14-13-23(42-5)35-22-15-33(39)24(43-6)16-34(45-19(2)37,27(31(35)36)29(44-7)30(32)35)25(22)26(33)28(38)20-9-11-21(41-4)12-10-20/h9-12,22-27,29-31,39H,8,13-18H2,1-7H3/t22-,23+,24-,25-,26-,27+,29-,30+,31-,32-,33-,34+,35+/m1/s1. The summed E-state index contributed by atoms with van der Waals surface area (Å²) in [5.74, 6) is -1.66. The van der Waals surface area contributed by atoms with Crippen LogP contribution in [-0.2, 0) is 28.5 Å². The lowest BCUT2D eigenvalue weighted by Crippen LogP contribution is -2.77. The van der Waals surface area contributed by atoms with Gasteiger partial charge in [-0.1, -0.05) is 6.92 Å². The molecule has 1 aromatic rings. The molecule has 0 amide bonds. The predicted molar refractivity (Wildman–Crippen MR) is 163 cm³/mol. The highest BCUT2D eigenvalue weighted by Crippen LogP contribution is 2.81. The maximum atomic E-state index is 14.8. The molecule has 1 spiro atoms. The molecule has 0 radical (unpaired) electrons. The summed E-state index contributed by atoms with van der Waals surface area (Å²) in [6.45, 7) is 5.86. The molecule has 6 fully saturated rings. The minimum atomic E-state index is -1.46. The Morgan fingerprint density at radius 2 is 1.69 bits per heavy atom. The average Bonchev–Trinajstić information content (AvgIpc) is 3.43. The quantitative estimate of drug-likeness (QED) is 0.307. The third-order valence-electron chi connectivity index (χ3n) is 13.5. The van der Waals surface area contributed by atoms with Crippen LogP contribution in [0.25, 0.3) is 0 Å². The van der Waals surface area contributed by atoms with E-state index in [0.29, 0.717) is 30.8 Å². The molecule has 0 aromatic heterocycles. The number of rotatable bonds is 10. The van der Waals surface area contributed by atoms with Gasteiger partial charge in [0.05, 0.1) is 37.9 Å². The van der Waals surface area contributed by atoms with Gasteiger partial charge in [0.15, 0.2) is 5.78 Å². The SMILES string of the molecule is CCN1C[C@@]2(COC)CC[C@H](OC)[C@@]34[C@@H]5C[C@@]6(O)[C@H](OC)C[C@](OC(C)=O)([C@H]5[C@@H]6C(=O)c5ccc(OC)cc5)[C@@H]([C@@H](OC)[C@@H]23)[C@@H]14. The Labute approximate surface area is 266 Å². The number of esters is 1. The highest BCUT2D eigenvalue weighted by molar-refractivity contribution is 5.99. The molecule has 1 saturated heterocycles. The van der Waals surface area contributed by atoms with E-state index in [9.17, 15) is 14.7 Å². The molecule has 1 heterocycles. The number of aliphatic hydroxyl groups is 1. The Balaban J connectivity index is 1.52. The van der Waals surface area contributed by atoms with Gasteiger partial charge in [0.2, 0.25) is 0 Å². The number of likely N-dealkylation sites (tertiary alicyclic amines) is 1. The summed E-state index contributed by atoms with van der Waals surface area (Å²) >= 11 is 0. The van der Waals surface area contributed by atoms with Crippen molar-refractivity contribution in [2.24, 2.45) is 40.4 Å². The zero-order chi connectivity index (χ0) is 32.1. The van der Waals surface area contributed by atoms with Gasteiger partial charge < -0.3 is 33.5 Å². The van der Waals surface area contributed by atoms with Crippen molar-refractivity contribution in [1.29, 1.82) is 0 Å². The van der Waals surface area contributed by atoms with Gasteiger partial charge in [-0.25, -0.2) is 0 Å². The normalized spacial score (nSPS) is 47.4. The van der Waals surface area contributed by atoms with E-state index in [4.69, 9.17) is 28.4 Å². The second kappa shape index (κ2) is 10.7. The van der Waals surface area contributed by atoms with E-state index in [0.717, 1.165) is 25.9 Å². The number of fused-ring (bicyclic) bond motifs is 2. The maximum Gasteiger partial charge on any atom is 0.303 e. The van der Waals surface area contributed by atoms with Gasteiger partial charge in [0.1, 0.15) is 17.0 Å². The average molecular weight is 628 g/mol. The van der Waals surface area contributed by atoms with E-state index in [2.05, 4.69) is 11.8 Å². The number of ketones is 1. The van der Waals surface area contributed by atoms with Crippen molar-refractivity contribution in [3.8, 4) is 5.75 Å². The molecule has 10 nitrogen and oxygen atoms in total. The first-order valence-electron chi connectivity index (χ1n) is 16.5. The number of piperidine rings is 1. The zero-order valence-electron chi connectivity index (χ0n) is 27.6. The summed E-state index contributed by atoms with van der Waals surface area (Å²) < 4.78 is 37.3. The number of benzene rings is 1. The van der Waals surface area contributed by atoms with Gasteiger partial charge in [0.25, 0.3) is 0 Å². The summed E-state index contributed by atoms with van der Waals surface area (Å²) in [6, 6.07) is 7.02. The lowest BCUT2D eigenvalue weighted by atomic mass is 9.42. The number of nitrogens with zero attached hydrogens (tertiary/aromatic N) is 1. The molecular weight excluding hydrogens is 578 g/mol. The second-order valence-corrected chi connectivity index (χ2v) is 14.6. The minimum Gasteiger partial charge on any atom is -0.497 e. The number of hydrogen-bond acceptors (Lipinski definition) is 10. The fourth-order valence-electron chi connectivity index (χ4n) is 12.7.